The average molecular weight is 343 g/mol. The Balaban J connectivity index is 1.65. The van der Waals surface area contributed by atoms with Gasteiger partial charge in [0.25, 0.3) is 5.91 Å². The number of nitrogens with zero attached hydrogens (tertiary/aromatic N) is 4. The molecular weight excluding hydrogens is 326 g/mol. The van der Waals surface area contributed by atoms with Crippen LogP contribution in [0.3, 0.4) is 0 Å². The molecule has 0 saturated heterocycles. The van der Waals surface area contributed by atoms with Crippen LogP contribution in [0.4, 0.5) is 5.82 Å². The molecule has 0 fully saturated rings. The van der Waals surface area contributed by atoms with Gasteiger partial charge in [-0.3, -0.25) is 14.5 Å². The Bertz CT molecular complexity index is 1120. The number of amides is 1. The van der Waals surface area contributed by atoms with Crippen molar-refractivity contribution in [2.75, 3.05) is 5.32 Å². The second-order valence-electron chi connectivity index (χ2n) is 6.17. The summed E-state index contributed by atoms with van der Waals surface area (Å²) in [4.78, 5) is 20.8. The Morgan fingerprint density at radius 1 is 1.00 bits per heavy atom. The van der Waals surface area contributed by atoms with Crippen molar-refractivity contribution in [1.82, 2.24) is 19.7 Å². The van der Waals surface area contributed by atoms with Crippen molar-refractivity contribution in [3.8, 4) is 11.1 Å². The first kappa shape index (κ1) is 16.0. The molecule has 0 aliphatic carbocycles. The number of carbonyl (C=O) groups excluding carboxylic acids is 1. The maximum Gasteiger partial charge on any atom is 0.256 e. The van der Waals surface area contributed by atoms with Crippen molar-refractivity contribution in [2.24, 2.45) is 7.05 Å². The molecule has 3 heterocycles. The Hall–Kier alpha value is -3.54. The van der Waals surface area contributed by atoms with Crippen LogP contribution in [-0.2, 0) is 7.05 Å². The molecule has 128 valence electrons. The summed E-state index contributed by atoms with van der Waals surface area (Å²) in [7, 11) is 1.89. The SMILES string of the molecule is Cc1cc(C(=O)Nc2cc3cc(-c4cnn(C)c4)ccc3cn2)ccn1. The van der Waals surface area contributed by atoms with Gasteiger partial charge in [0, 0.05) is 47.8 Å². The number of carbonyl (C=O) groups is 1. The number of rotatable bonds is 3. The van der Waals surface area contributed by atoms with E-state index in [1.54, 1.807) is 29.2 Å². The molecule has 6 heteroatoms. The molecule has 0 aliphatic rings. The first-order valence-electron chi connectivity index (χ1n) is 8.21. The van der Waals surface area contributed by atoms with Crippen LogP contribution in [0.15, 0.2) is 61.2 Å². The van der Waals surface area contributed by atoms with E-state index in [-0.39, 0.29) is 5.91 Å². The lowest BCUT2D eigenvalue weighted by Gasteiger charge is -2.07. The summed E-state index contributed by atoms with van der Waals surface area (Å²) in [6, 6.07) is 11.4. The Morgan fingerprint density at radius 3 is 2.65 bits per heavy atom. The number of aryl methyl sites for hydroxylation is 2. The quantitative estimate of drug-likeness (QED) is 0.617. The smallest absolute Gasteiger partial charge is 0.256 e. The zero-order chi connectivity index (χ0) is 18.1. The first-order valence-corrected chi connectivity index (χ1v) is 8.21. The molecule has 4 aromatic rings. The zero-order valence-corrected chi connectivity index (χ0v) is 14.5. The van der Waals surface area contributed by atoms with Gasteiger partial charge in [0.1, 0.15) is 5.82 Å². The summed E-state index contributed by atoms with van der Waals surface area (Å²) in [5, 5.41) is 9.07. The van der Waals surface area contributed by atoms with Gasteiger partial charge in [0.2, 0.25) is 0 Å². The molecule has 3 aromatic heterocycles. The van der Waals surface area contributed by atoms with Gasteiger partial charge >= 0.3 is 0 Å². The van der Waals surface area contributed by atoms with Gasteiger partial charge in [-0.1, -0.05) is 12.1 Å². The highest BCUT2D eigenvalue weighted by molar-refractivity contribution is 6.04. The van der Waals surface area contributed by atoms with E-state index in [1.165, 1.54) is 0 Å². The fourth-order valence-electron chi connectivity index (χ4n) is 2.83. The molecule has 1 amide bonds. The molecule has 0 radical (unpaired) electrons. The van der Waals surface area contributed by atoms with Crippen LogP contribution in [0.2, 0.25) is 0 Å². The summed E-state index contributed by atoms with van der Waals surface area (Å²) in [5.74, 6) is 0.311. The van der Waals surface area contributed by atoms with Crippen LogP contribution in [0.25, 0.3) is 21.9 Å². The van der Waals surface area contributed by atoms with E-state index in [0.29, 0.717) is 11.4 Å². The number of hydrogen-bond acceptors (Lipinski definition) is 4. The second kappa shape index (κ2) is 6.40. The number of fused-ring (bicyclic) bond motifs is 1. The highest BCUT2D eigenvalue weighted by Gasteiger charge is 2.09. The fourth-order valence-corrected chi connectivity index (χ4v) is 2.83. The number of pyridine rings is 2. The molecule has 1 aromatic carbocycles. The molecule has 0 atom stereocenters. The molecule has 26 heavy (non-hydrogen) atoms. The molecule has 6 nitrogen and oxygen atoms in total. The van der Waals surface area contributed by atoms with Crippen LogP contribution in [0.1, 0.15) is 16.1 Å². The van der Waals surface area contributed by atoms with Gasteiger partial charge in [-0.25, -0.2) is 4.98 Å². The third-order valence-electron chi connectivity index (χ3n) is 4.16. The monoisotopic (exact) mass is 343 g/mol. The summed E-state index contributed by atoms with van der Waals surface area (Å²) < 4.78 is 1.77. The van der Waals surface area contributed by atoms with E-state index in [1.807, 2.05) is 44.6 Å². The van der Waals surface area contributed by atoms with Crippen LogP contribution >= 0.6 is 0 Å². The third kappa shape index (κ3) is 3.17. The first-order chi connectivity index (χ1) is 12.6. The zero-order valence-electron chi connectivity index (χ0n) is 14.5. The topological polar surface area (TPSA) is 72.7 Å². The van der Waals surface area contributed by atoms with Gasteiger partial charge in [0.05, 0.1) is 6.20 Å². The number of anilines is 1. The second-order valence-corrected chi connectivity index (χ2v) is 6.17. The van der Waals surface area contributed by atoms with Crippen LogP contribution in [-0.4, -0.2) is 25.7 Å². The van der Waals surface area contributed by atoms with Crippen molar-refractivity contribution in [2.45, 2.75) is 6.92 Å². The normalized spacial score (nSPS) is 10.8. The van der Waals surface area contributed by atoms with Crippen molar-refractivity contribution in [3.05, 3.63) is 72.4 Å². The van der Waals surface area contributed by atoms with Gasteiger partial charge < -0.3 is 5.32 Å². The summed E-state index contributed by atoms with van der Waals surface area (Å²) in [6.45, 7) is 1.85. The molecule has 0 spiro atoms. The predicted octanol–water partition coefficient (Wildman–Crippen LogP) is 3.59. The Kier molecular flexibility index (Phi) is 3.93. The minimum absolute atomic E-state index is 0.203. The lowest BCUT2D eigenvalue weighted by molar-refractivity contribution is 0.102. The molecule has 1 N–H and O–H groups in total. The molecule has 0 bridgehead atoms. The van der Waals surface area contributed by atoms with Crippen molar-refractivity contribution in [3.63, 3.8) is 0 Å². The Morgan fingerprint density at radius 2 is 1.88 bits per heavy atom. The highest BCUT2D eigenvalue weighted by Crippen LogP contribution is 2.25. The number of aromatic nitrogens is 4. The maximum absolute atomic E-state index is 12.4. The molecule has 0 unspecified atom stereocenters. The average Bonchev–Trinajstić information content (AvgIpc) is 3.07. The number of hydrogen-bond donors (Lipinski definition) is 1. The lowest BCUT2D eigenvalue weighted by Crippen LogP contribution is -2.13. The lowest BCUT2D eigenvalue weighted by atomic mass is 10.1. The van der Waals surface area contributed by atoms with E-state index in [9.17, 15) is 4.79 Å². The number of benzene rings is 1. The van der Waals surface area contributed by atoms with E-state index >= 15 is 0 Å². The molecule has 0 aliphatic heterocycles. The van der Waals surface area contributed by atoms with E-state index in [2.05, 4.69) is 26.4 Å². The van der Waals surface area contributed by atoms with Crippen LogP contribution < -0.4 is 5.32 Å². The van der Waals surface area contributed by atoms with E-state index < -0.39 is 0 Å². The standard InChI is InChI=1S/C20H17N5O/c1-13-7-15(5-6-21-13)20(26)24-19-9-17-8-14(3-4-16(17)10-22-19)18-11-23-25(2)12-18/h3-12H,1-2H3,(H,22,24,26). The van der Waals surface area contributed by atoms with E-state index in [0.717, 1.165) is 27.6 Å². The third-order valence-corrected chi connectivity index (χ3v) is 4.16. The van der Waals surface area contributed by atoms with Crippen LogP contribution in [0.5, 0.6) is 0 Å². The summed E-state index contributed by atoms with van der Waals surface area (Å²) in [6.07, 6.45) is 7.18. The summed E-state index contributed by atoms with van der Waals surface area (Å²) in [5.41, 5.74) is 3.47. The number of nitrogens with one attached hydrogen (secondary N) is 1. The maximum atomic E-state index is 12.4. The van der Waals surface area contributed by atoms with Crippen molar-refractivity contribution >= 4 is 22.5 Å². The predicted molar refractivity (Wildman–Crippen MR) is 101 cm³/mol. The van der Waals surface area contributed by atoms with Crippen LogP contribution in [0, 0.1) is 6.92 Å². The highest BCUT2D eigenvalue weighted by atomic mass is 16.1. The Labute approximate surface area is 150 Å². The van der Waals surface area contributed by atoms with Crippen molar-refractivity contribution in [1.29, 1.82) is 0 Å². The molecule has 4 rings (SSSR count). The van der Waals surface area contributed by atoms with Gasteiger partial charge in [-0.15, -0.1) is 0 Å². The van der Waals surface area contributed by atoms with Gasteiger partial charge in [-0.05, 0) is 42.1 Å². The fraction of sp³-hybridized carbons (Fsp3) is 0.100. The molecular formula is C20H17N5O. The minimum atomic E-state index is -0.203. The summed E-state index contributed by atoms with van der Waals surface area (Å²) >= 11 is 0. The van der Waals surface area contributed by atoms with E-state index in [4.69, 9.17) is 0 Å². The van der Waals surface area contributed by atoms with Gasteiger partial charge in [-0.2, -0.15) is 5.10 Å². The molecule has 0 saturated carbocycles. The van der Waals surface area contributed by atoms with Gasteiger partial charge in [0.15, 0.2) is 0 Å². The minimum Gasteiger partial charge on any atom is -0.307 e. The largest absolute Gasteiger partial charge is 0.307 e. The van der Waals surface area contributed by atoms with Crippen molar-refractivity contribution < 1.29 is 4.79 Å².